The molecular formula is C14H14F2N4O. The highest BCUT2D eigenvalue weighted by molar-refractivity contribution is 5.92. The molecular weight excluding hydrogens is 278 g/mol. The summed E-state index contributed by atoms with van der Waals surface area (Å²) in [6, 6.07) is 3.46. The van der Waals surface area contributed by atoms with Gasteiger partial charge < -0.3 is 10.6 Å². The van der Waals surface area contributed by atoms with E-state index in [1.165, 1.54) is 18.5 Å². The van der Waals surface area contributed by atoms with Gasteiger partial charge in [-0.2, -0.15) is 0 Å². The number of hydrogen-bond acceptors (Lipinski definition) is 4. The number of aromatic nitrogens is 2. The van der Waals surface area contributed by atoms with E-state index in [4.69, 9.17) is 0 Å². The monoisotopic (exact) mass is 292 g/mol. The number of halogens is 2. The molecule has 0 saturated heterocycles. The Morgan fingerprint density at radius 1 is 1.24 bits per heavy atom. The van der Waals surface area contributed by atoms with Crippen molar-refractivity contribution in [1.82, 2.24) is 15.3 Å². The first kappa shape index (κ1) is 14.8. The lowest BCUT2D eigenvalue weighted by molar-refractivity contribution is 0.0945. The Kier molecular flexibility index (Phi) is 4.76. The molecule has 0 aliphatic rings. The number of nitrogens with zero attached hydrogens (tertiary/aromatic N) is 2. The molecule has 21 heavy (non-hydrogen) atoms. The second kappa shape index (κ2) is 6.74. The number of amides is 1. The van der Waals surface area contributed by atoms with Crippen molar-refractivity contribution in [3.63, 3.8) is 0 Å². The Labute approximate surface area is 120 Å². The van der Waals surface area contributed by atoms with Crippen LogP contribution in [0.1, 0.15) is 23.0 Å². The summed E-state index contributed by atoms with van der Waals surface area (Å²) in [5, 5.41) is 5.52. The fourth-order valence-electron chi connectivity index (χ4n) is 1.66. The SMILES string of the molecule is CCNc1cncc(C(=O)NCc2ccc(F)c(F)c2)n1. The predicted molar refractivity (Wildman–Crippen MR) is 73.7 cm³/mol. The van der Waals surface area contributed by atoms with Gasteiger partial charge in [-0.3, -0.25) is 9.78 Å². The van der Waals surface area contributed by atoms with Gasteiger partial charge in [0.25, 0.3) is 5.91 Å². The molecule has 0 unspecified atom stereocenters. The first-order chi connectivity index (χ1) is 10.1. The molecule has 0 atom stereocenters. The van der Waals surface area contributed by atoms with Gasteiger partial charge in [0.15, 0.2) is 11.6 Å². The van der Waals surface area contributed by atoms with Crippen LogP contribution in [0.3, 0.4) is 0 Å². The van der Waals surface area contributed by atoms with Crippen LogP contribution in [0, 0.1) is 11.6 Å². The number of anilines is 1. The summed E-state index contributed by atoms with van der Waals surface area (Å²) in [6.45, 7) is 2.63. The molecule has 0 radical (unpaired) electrons. The molecule has 2 aromatic rings. The third kappa shape index (κ3) is 3.95. The number of rotatable bonds is 5. The van der Waals surface area contributed by atoms with Crippen molar-refractivity contribution in [3.05, 3.63) is 53.5 Å². The van der Waals surface area contributed by atoms with Crippen LogP contribution in [0.2, 0.25) is 0 Å². The average molecular weight is 292 g/mol. The van der Waals surface area contributed by atoms with E-state index in [2.05, 4.69) is 20.6 Å². The lowest BCUT2D eigenvalue weighted by atomic mass is 10.2. The van der Waals surface area contributed by atoms with E-state index in [0.29, 0.717) is 17.9 Å². The van der Waals surface area contributed by atoms with E-state index in [9.17, 15) is 13.6 Å². The fraction of sp³-hybridized carbons (Fsp3) is 0.214. The highest BCUT2D eigenvalue weighted by atomic mass is 19.2. The van der Waals surface area contributed by atoms with Gasteiger partial charge in [-0.15, -0.1) is 0 Å². The third-order valence-electron chi connectivity index (χ3n) is 2.66. The largest absolute Gasteiger partial charge is 0.369 e. The quantitative estimate of drug-likeness (QED) is 0.886. The van der Waals surface area contributed by atoms with E-state index < -0.39 is 17.5 Å². The molecule has 1 heterocycles. The summed E-state index contributed by atoms with van der Waals surface area (Å²) in [4.78, 5) is 19.9. The van der Waals surface area contributed by atoms with E-state index >= 15 is 0 Å². The van der Waals surface area contributed by atoms with Crippen molar-refractivity contribution < 1.29 is 13.6 Å². The van der Waals surface area contributed by atoms with E-state index in [-0.39, 0.29) is 12.2 Å². The van der Waals surface area contributed by atoms with Crippen LogP contribution in [-0.4, -0.2) is 22.4 Å². The smallest absolute Gasteiger partial charge is 0.271 e. The minimum absolute atomic E-state index is 0.0726. The van der Waals surface area contributed by atoms with Crippen molar-refractivity contribution in [2.75, 3.05) is 11.9 Å². The normalized spacial score (nSPS) is 10.2. The van der Waals surface area contributed by atoms with Crippen molar-refractivity contribution in [2.45, 2.75) is 13.5 Å². The van der Waals surface area contributed by atoms with E-state index in [1.807, 2.05) is 6.92 Å². The predicted octanol–water partition coefficient (Wildman–Crippen LogP) is 2.12. The molecule has 5 nitrogen and oxygen atoms in total. The minimum Gasteiger partial charge on any atom is -0.369 e. The lowest BCUT2D eigenvalue weighted by Gasteiger charge is -2.07. The Hall–Kier alpha value is -2.57. The molecule has 7 heteroatoms. The van der Waals surface area contributed by atoms with Gasteiger partial charge >= 0.3 is 0 Å². The molecule has 0 aliphatic heterocycles. The van der Waals surface area contributed by atoms with Gasteiger partial charge in [0.05, 0.1) is 12.4 Å². The number of benzene rings is 1. The lowest BCUT2D eigenvalue weighted by Crippen LogP contribution is -2.24. The Morgan fingerprint density at radius 3 is 2.76 bits per heavy atom. The number of nitrogens with one attached hydrogen (secondary N) is 2. The molecule has 0 aliphatic carbocycles. The summed E-state index contributed by atoms with van der Waals surface area (Å²) < 4.78 is 25.8. The molecule has 0 spiro atoms. The topological polar surface area (TPSA) is 66.9 Å². The second-order valence-electron chi connectivity index (χ2n) is 4.25. The van der Waals surface area contributed by atoms with E-state index in [0.717, 1.165) is 12.1 Å². The molecule has 2 rings (SSSR count). The molecule has 2 N–H and O–H groups in total. The van der Waals surface area contributed by atoms with Gasteiger partial charge in [-0.05, 0) is 24.6 Å². The van der Waals surface area contributed by atoms with Gasteiger partial charge in [-0.25, -0.2) is 13.8 Å². The van der Waals surface area contributed by atoms with Crippen LogP contribution < -0.4 is 10.6 Å². The fourth-order valence-corrected chi connectivity index (χ4v) is 1.66. The van der Waals surface area contributed by atoms with Crippen LogP contribution in [0.4, 0.5) is 14.6 Å². The zero-order valence-corrected chi connectivity index (χ0v) is 11.4. The molecule has 0 bridgehead atoms. The standard InChI is InChI=1S/C14H14F2N4O/c1-2-18-13-8-17-7-12(20-13)14(21)19-6-9-3-4-10(15)11(16)5-9/h3-5,7-8H,2,6H2,1H3,(H,18,20)(H,19,21). The van der Waals surface area contributed by atoms with Gasteiger partial charge in [0.1, 0.15) is 11.5 Å². The Bertz CT molecular complexity index is 649. The molecule has 110 valence electrons. The molecule has 0 fully saturated rings. The number of carbonyl (C=O) groups excluding carboxylic acids is 1. The zero-order chi connectivity index (χ0) is 15.2. The third-order valence-corrected chi connectivity index (χ3v) is 2.66. The van der Waals surface area contributed by atoms with Gasteiger partial charge in [-0.1, -0.05) is 6.07 Å². The molecule has 0 saturated carbocycles. The van der Waals surface area contributed by atoms with Crippen LogP contribution in [0.15, 0.2) is 30.6 Å². The molecule has 1 aromatic carbocycles. The molecule has 1 aromatic heterocycles. The van der Waals surface area contributed by atoms with Gasteiger partial charge in [0, 0.05) is 13.1 Å². The maximum absolute atomic E-state index is 13.0. The summed E-state index contributed by atoms with van der Waals surface area (Å²) in [6.07, 6.45) is 2.84. The van der Waals surface area contributed by atoms with Crippen molar-refractivity contribution in [2.24, 2.45) is 0 Å². The summed E-state index contributed by atoms with van der Waals surface area (Å²) >= 11 is 0. The zero-order valence-electron chi connectivity index (χ0n) is 11.4. The maximum atomic E-state index is 13.0. The van der Waals surface area contributed by atoms with Crippen molar-refractivity contribution in [1.29, 1.82) is 0 Å². The highest BCUT2D eigenvalue weighted by Gasteiger charge is 2.09. The highest BCUT2D eigenvalue weighted by Crippen LogP contribution is 2.09. The van der Waals surface area contributed by atoms with Crippen molar-refractivity contribution >= 4 is 11.7 Å². The average Bonchev–Trinajstić information content (AvgIpc) is 2.49. The first-order valence-corrected chi connectivity index (χ1v) is 6.38. The minimum atomic E-state index is -0.948. The summed E-state index contributed by atoms with van der Waals surface area (Å²) in [7, 11) is 0. The van der Waals surface area contributed by atoms with Crippen molar-refractivity contribution in [3.8, 4) is 0 Å². The van der Waals surface area contributed by atoms with Crippen LogP contribution in [-0.2, 0) is 6.54 Å². The first-order valence-electron chi connectivity index (χ1n) is 6.38. The molecule has 1 amide bonds. The summed E-state index contributed by atoms with van der Waals surface area (Å²) in [5.41, 5.74) is 0.606. The maximum Gasteiger partial charge on any atom is 0.271 e. The summed E-state index contributed by atoms with van der Waals surface area (Å²) in [5.74, 6) is -1.81. The Balaban J connectivity index is 2.01. The van der Waals surface area contributed by atoms with Gasteiger partial charge in [0.2, 0.25) is 0 Å². The van der Waals surface area contributed by atoms with Crippen LogP contribution in [0.5, 0.6) is 0 Å². The van der Waals surface area contributed by atoms with E-state index in [1.54, 1.807) is 0 Å². The van der Waals surface area contributed by atoms with Crippen LogP contribution in [0.25, 0.3) is 0 Å². The second-order valence-corrected chi connectivity index (χ2v) is 4.25. The Morgan fingerprint density at radius 2 is 2.05 bits per heavy atom. The number of hydrogen-bond donors (Lipinski definition) is 2. The number of carbonyl (C=O) groups is 1. The van der Waals surface area contributed by atoms with Crippen LogP contribution >= 0.6 is 0 Å².